The van der Waals surface area contributed by atoms with Gasteiger partial charge in [-0.25, -0.2) is 0 Å². The van der Waals surface area contributed by atoms with Crippen molar-refractivity contribution in [2.45, 2.75) is 44.9 Å². The van der Waals surface area contributed by atoms with Crippen molar-refractivity contribution in [2.24, 2.45) is 11.8 Å². The molecule has 2 N–H and O–H groups in total. The number of phenols is 2. The Morgan fingerprint density at radius 2 is 1.96 bits per heavy atom. The lowest BCUT2D eigenvalue weighted by Crippen LogP contribution is -2.32. The molecular formula is C20H27NO2. The van der Waals surface area contributed by atoms with Crippen LogP contribution in [0.2, 0.25) is 0 Å². The first-order valence-corrected chi connectivity index (χ1v) is 9.08. The second kappa shape index (κ2) is 5.86. The number of aromatic hydroxyl groups is 2. The third-order valence-corrected chi connectivity index (χ3v) is 6.20. The number of hydrogen-bond acceptors (Lipinski definition) is 3. The Kier molecular flexibility index (Phi) is 3.84. The van der Waals surface area contributed by atoms with Gasteiger partial charge in [0, 0.05) is 18.7 Å². The summed E-state index contributed by atoms with van der Waals surface area (Å²) in [5.74, 6) is 1.55. The molecule has 0 spiro atoms. The first-order valence-electron chi connectivity index (χ1n) is 9.08. The fourth-order valence-electron chi connectivity index (χ4n) is 4.98. The third kappa shape index (κ3) is 2.65. The molecule has 3 aliphatic rings. The summed E-state index contributed by atoms with van der Waals surface area (Å²) in [6.45, 7) is 2.10. The fourth-order valence-corrected chi connectivity index (χ4v) is 4.98. The Bertz CT molecular complexity index is 643. The van der Waals surface area contributed by atoms with Gasteiger partial charge in [0.05, 0.1) is 0 Å². The molecule has 0 saturated heterocycles. The molecule has 4 rings (SSSR count). The molecule has 1 saturated carbocycles. The van der Waals surface area contributed by atoms with Crippen molar-refractivity contribution in [3.8, 4) is 11.5 Å². The topological polar surface area (TPSA) is 43.7 Å². The van der Waals surface area contributed by atoms with Gasteiger partial charge < -0.3 is 15.1 Å². The molecule has 1 fully saturated rings. The van der Waals surface area contributed by atoms with Crippen molar-refractivity contribution >= 4 is 5.57 Å². The summed E-state index contributed by atoms with van der Waals surface area (Å²) in [5, 5.41) is 20.3. The standard InChI is InChI=1S/C20H27NO2/c1-21-9-8-15-14(10-13-4-2-3-5-13)11-17-16(18(15)12-21)6-7-19(22)20(17)23/h6-7,13-14,22-23H,2-5,8-12H2,1H3. The maximum atomic E-state index is 10.4. The summed E-state index contributed by atoms with van der Waals surface area (Å²) in [4.78, 5) is 2.37. The number of benzene rings is 1. The molecule has 1 aliphatic heterocycles. The molecule has 1 heterocycles. The van der Waals surface area contributed by atoms with Crippen molar-refractivity contribution in [1.82, 2.24) is 4.90 Å². The summed E-state index contributed by atoms with van der Waals surface area (Å²) in [5.41, 5.74) is 5.19. The Morgan fingerprint density at radius 1 is 1.17 bits per heavy atom. The quantitative estimate of drug-likeness (QED) is 0.813. The molecule has 124 valence electrons. The highest BCUT2D eigenvalue weighted by Gasteiger charge is 2.33. The smallest absolute Gasteiger partial charge is 0.161 e. The van der Waals surface area contributed by atoms with E-state index in [0.717, 1.165) is 37.4 Å². The van der Waals surface area contributed by atoms with Crippen LogP contribution in [0.15, 0.2) is 17.7 Å². The monoisotopic (exact) mass is 313 g/mol. The summed E-state index contributed by atoms with van der Waals surface area (Å²) in [6.07, 6.45) is 8.83. The highest BCUT2D eigenvalue weighted by Crippen LogP contribution is 2.47. The number of phenolic OH excluding ortho intramolecular Hbond substituents is 2. The molecular weight excluding hydrogens is 286 g/mol. The van der Waals surface area contributed by atoms with E-state index in [9.17, 15) is 10.2 Å². The van der Waals surface area contributed by atoms with Gasteiger partial charge in [0.25, 0.3) is 0 Å². The van der Waals surface area contributed by atoms with E-state index in [-0.39, 0.29) is 11.5 Å². The Balaban J connectivity index is 1.74. The van der Waals surface area contributed by atoms with Crippen LogP contribution in [0, 0.1) is 11.8 Å². The summed E-state index contributed by atoms with van der Waals surface area (Å²) in [7, 11) is 2.17. The average molecular weight is 313 g/mol. The van der Waals surface area contributed by atoms with E-state index in [2.05, 4.69) is 11.9 Å². The predicted octanol–water partition coefficient (Wildman–Crippen LogP) is 3.94. The van der Waals surface area contributed by atoms with Crippen molar-refractivity contribution in [3.05, 3.63) is 28.8 Å². The molecule has 0 amide bonds. The SMILES string of the molecule is CN1CCC2=C(C1)c1ccc(O)c(O)c1CC2CC1CCCC1. The molecule has 1 atom stereocenters. The van der Waals surface area contributed by atoms with Gasteiger partial charge >= 0.3 is 0 Å². The van der Waals surface area contributed by atoms with Crippen molar-refractivity contribution in [3.63, 3.8) is 0 Å². The molecule has 1 aromatic carbocycles. The van der Waals surface area contributed by atoms with E-state index in [1.54, 1.807) is 11.6 Å². The fraction of sp³-hybridized carbons (Fsp3) is 0.600. The van der Waals surface area contributed by atoms with Crippen LogP contribution in [0.1, 0.15) is 49.7 Å². The van der Waals surface area contributed by atoms with Crippen LogP contribution in [0.4, 0.5) is 0 Å². The zero-order chi connectivity index (χ0) is 16.0. The third-order valence-electron chi connectivity index (χ3n) is 6.20. The number of nitrogens with zero attached hydrogens (tertiary/aromatic N) is 1. The van der Waals surface area contributed by atoms with Gasteiger partial charge in [0.2, 0.25) is 0 Å². The molecule has 0 aromatic heterocycles. The van der Waals surface area contributed by atoms with Crippen LogP contribution in [-0.2, 0) is 6.42 Å². The Morgan fingerprint density at radius 3 is 2.74 bits per heavy atom. The maximum Gasteiger partial charge on any atom is 0.161 e. The minimum absolute atomic E-state index is 0.0246. The first-order chi connectivity index (χ1) is 11.1. The lowest BCUT2D eigenvalue weighted by Gasteiger charge is -2.38. The molecule has 3 nitrogen and oxygen atoms in total. The number of hydrogen-bond donors (Lipinski definition) is 2. The summed E-state index contributed by atoms with van der Waals surface area (Å²) < 4.78 is 0. The van der Waals surface area contributed by atoms with Crippen LogP contribution in [0.3, 0.4) is 0 Å². The minimum atomic E-state index is 0.0246. The predicted molar refractivity (Wildman–Crippen MR) is 92.6 cm³/mol. The largest absolute Gasteiger partial charge is 0.504 e. The number of rotatable bonds is 2. The lowest BCUT2D eigenvalue weighted by molar-refractivity contribution is 0.330. The van der Waals surface area contributed by atoms with Gasteiger partial charge in [-0.3, -0.25) is 0 Å². The van der Waals surface area contributed by atoms with Crippen LogP contribution >= 0.6 is 0 Å². The van der Waals surface area contributed by atoms with E-state index in [4.69, 9.17) is 0 Å². The molecule has 0 bridgehead atoms. The van der Waals surface area contributed by atoms with E-state index < -0.39 is 0 Å². The summed E-state index contributed by atoms with van der Waals surface area (Å²) in [6, 6.07) is 3.65. The Labute approximate surface area is 138 Å². The summed E-state index contributed by atoms with van der Waals surface area (Å²) >= 11 is 0. The van der Waals surface area contributed by atoms with Crippen LogP contribution in [0.25, 0.3) is 5.57 Å². The minimum Gasteiger partial charge on any atom is -0.504 e. The van der Waals surface area contributed by atoms with Crippen molar-refractivity contribution < 1.29 is 10.2 Å². The Hall–Kier alpha value is -1.48. The van der Waals surface area contributed by atoms with E-state index >= 15 is 0 Å². The second-order valence-electron chi connectivity index (χ2n) is 7.74. The van der Waals surface area contributed by atoms with Gasteiger partial charge in [-0.2, -0.15) is 0 Å². The van der Waals surface area contributed by atoms with Gasteiger partial charge in [0.1, 0.15) is 0 Å². The van der Waals surface area contributed by atoms with Crippen LogP contribution in [0.5, 0.6) is 11.5 Å². The zero-order valence-electron chi connectivity index (χ0n) is 14.0. The van der Waals surface area contributed by atoms with Gasteiger partial charge in [0.15, 0.2) is 11.5 Å². The molecule has 2 aliphatic carbocycles. The molecule has 1 unspecified atom stereocenters. The second-order valence-corrected chi connectivity index (χ2v) is 7.74. The zero-order valence-corrected chi connectivity index (χ0v) is 14.0. The van der Waals surface area contributed by atoms with Gasteiger partial charge in [-0.05, 0) is 55.3 Å². The average Bonchev–Trinajstić information content (AvgIpc) is 3.04. The molecule has 0 radical (unpaired) electrons. The number of fused-ring (bicyclic) bond motifs is 2. The van der Waals surface area contributed by atoms with E-state index in [1.807, 2.05) is 6.07 Å². The van der Waals surface area contributed by atoms with Crippen LogP contribution in [-0.4, -0.2) is 35.3 Å². The first kappa shape index (κ1) is 15.1. The normalized spacial score (nSPS) is 25.5. The molecule has 1 aromatic rings. The van der Waals surface area contributed by atoms with Gasteiger partial charge in [-0.15, -0.1) is 0 Å². The number of likely N-dealkylation sites (N-methyl/N-ethyl adjacent to an activating group) is 1. The highest BCUT2D eigenvalue weighted by molar-refractivity contribution is 5.78. The van der Waals surface area contributed by atoms with Crippen LogP contribution < -0.4 is 0 Å². The van der Waals surface area contributed by atoms with Crippen molar-refractivity contribution in [2.75, 3.05) is 20.1 Å². The highest BCUT2D eigenvalue weighted by atomic mass is 16.3. The van der Waals surface area contributed by atoms with Crippen molar-refractivity contribution in [1.29, 1.82) is 0 Å². The molecule has 23 heavy (non-hydrogen) atoms. The maximum absolute atomic E-state index is 10.4. The lowest BCUT2D eigenvalue weighted by atomic mass is 9.72. The van der Waals surface area contributed by atoms with E-state index in [0.29, 0.717) is 5.92 Å². The van der Waals surface area contributed by atoms with E-state index in [1.165, 1.54) is 43.2 Å². The molecule has 3 heteroatoms. The van der Waals surface area contributed by atoms with Gasteiger partial charge in [-0.1, -0.05) is 37.3 Å².